The van der Waals surface area contributed by atoms with E-state index in [0.29, 0.717) is 0 Å². The van der Waals surface area contributed by atoms with Crippen molar-refractivity contribution in [3.8, 4) is 55.9 Å². The minimum absolute atomic E-state index is 1.03. The van der Waals surface area contributed by atoms with E-state index in [-0.39, 0.29) is 0 Å². The number of aromatic nitrogens is 2. The predicted molar refractivity (Wildman–Crippen MR) is 261 cm³/mol. The summed E-state index contributed by atoms with van der Waals surface area (Å²) < 4.78 is 4.81. The fourth-order valence-electron chi connectivity index (χ4n) is 9.68. The number of nitrogens with zero attached hydrogens (tertiary/aromatic N) is 2. The maximum Gasteiger partial charge on any atom is 0.105 e. The zero-order valence-electron chi connectivity index (χ0n) is 34.1. The monoisotopic (exact) mass is 788 g/mol. The van der Waals surface area contributed by atoms with Crippen molar-refractivity contribution in [1.29, 1.82) is 0 Å². The quantitative estimate of drug-likeness (QED) is 0.152. The Morgan fingerprint density at radius 3 is 1.73 bits per heavy atom. The number of rotatable bonds is 7. The second-order valence-electron chi connectivity index (χ2n) is 16.3. The number of hydrogen-bond donors (Lipinski definition) is 0. The summed E-state index contributed by atoms with van der Waals surface area (Å²) in [6, 6.07) is 79.8. The molecule has 2 heteroatoms. The van der Waals surface area contributed by atoms with E-state index in [2.05, 4.69) is 234 Å². The molecule has 290 valence electrons. The van der Waals surface area contributed by atoms with Crippen molar-refractivity contribution >= 4 is 49.2 Å². The van der Waals surface area contributed by atoms with Crippen molar-refractivity contribution in [1.82, 2.24) is 9.13 Å². The summed E-state index contributed by atoms with van der Waals surface area (Å²) in [6.45, 7) is 0. The van der Waals surface area contributed by atoms with E-state index < -0.39 is 0 Å². The highest BCUT2D eigenvalue weighted by Gasteiger charge is 2.19. The number of para-hydroxylation sites is 2. The topological polar surface area (TPSA) is 9.86 Å². The summed E-state index contributed by atoms with van der Waals surface area (Å²) in [5.74, 6) is 0. The molecule has 0 N–H and O–H groups in total. The molecule has 0 aliphatic heterocycles. The summed E-state index contributed by atoms with van der Waals surface area (Å²) in [6.07, 6.45) is 8.80. The van der Waals surface area contributed by atoms with Gasteiger partial charge in [-0.2, -0.15) is 0 Å². The number of fused-ring (bicyclic) bond motifs is 6. The van der Waals surface area contributed by atoms with Crippen molar-refractivity contribution in [3.63, 3.8) is 0 Å². The zero-order chi connectivity index (χ0) is 41.0. The van der Waals surface area contributed by atoms with Crippen molar-refractivity contribution in [2.24, 2.45) is 0 Å². The van der Waals surface area contributed by atoms with E-state index in [0.717, 1.165) is 24.0 Å². The van der Waals surface area contributed by atoms with Crippen molar-refractivity contribution < 1.29 is 0 Å². The van der Waals surface area contributed by atoms with Crippen LogP contribution < -0.4 is 0 Å². The second-order valence-corrected chi connectivity index (χ2v) is 16.3. The Morgan fingerprint density at radius 2 is 1.00 bits per heavy atom. The van der Waals surface area contributed by atoms with Crippen molar-refractivity contribution in [2.45, 2.75) is 12.8 Å². The van der Waals surface area contributed by atoms with Crippen LogP contribution in [0.4, 0.5) is 0 Å². The molecule has 0 atom stereocenters. The summed E-state index contributed by atoms with van der Waals surface area (Å²) in [5.41, 5.74) is 19.1. The molecule has 1 aliphatic rings. The molecular weight excluding hydrogens is 749 g/mol. The largest absolute Gasteiger partial charge is 0.309 e. The van der Waals surface area contributed by atoms with Gasteiger partial charge in [-0.05, 0) is 148 Å². The minimum Gasteiger partial charge on any atom is -0.309 e. The first-order valence-corrected chi connectivity index (χ1v) is 21.5. The third-order valence-electron chi connectivity index (χ3n) is 12.6. The van der Waals surface area contributed by atoms with Crippen LogP contribution in [0.5, 0.6) is 0 Å². The summed E-state index contributed by atoms with van der Waals surface area (Å²) in [5, 5.41) is 4.85. The molecule has 2 nitrogen and oxygen atoms in total. The van der Waals surface area contributed by atoms with Crippen LogP contribution in [0.25, 0.3) is 105 Å². The molecule has 0 bridgehead atoms. The maximum atomic E-state index is 3.50. The smallest absolute Gasteiger partial charge is 0.105 e. The van der Waals surface area contributed by atoms with Gasteiger partial charge < -0.3 is 9.13 Å². The van der Waals surface area contributed by atoms with Gasteiger partial charge in [0.25, 0.3) is 0 Å². The van der Waals surface area contributed by atoms with E-state index in [4.69, 9.17) is 0 Å². The van der Waals surface area contributed by atoms with Gasteiger partial charge in [0.2, 0.25) is 0 Å². The van der Waals surface area contributed by atoms with Crippen LogP contribution in [0.15, 0.2) is 218 Å². The predicted octanol–water partition coefficient (Wildman–Crippen LogP) is 15.9. The van der Waals surface area contributed by atoms with Gasteiger partial charge in [-0.1, -0.05) is 146 Å². The average molecular weight is 789 g/mol. The van der Waals surface area contributed by atoms with Gasteiger partial charge in [0.1, 0.15) is 5.52 Å². The van der Waals surface area contributed by atoms with Crippen LogP contribution in [0.1, 0.15) is 18.4 Å². The first-order valence-electron chi connectivity index (χ1n) is 21.5. The normalized spacial score (nSPS) is 12.6. The fraction of sp³-hybridized carbons (Fsp3) is 0.0333. The number of hydrogen-bond acceptors (Lipinski definition) is 0. The molecule has 0 amide bonds. The summed E-state index contributed by atoms with van der Waals surface area (Å²) in [7, 11) is 0. The molecule has 62 heavy (non-hydrogen) atoms. The third kappa shape index (κ3) is 6.06. The Morgan fingerprint density at radius 1 is 0.403 bits per heavy atom. The number of allylic oxidation sites excluding steroid dienone is 4. The first-order chi connectivity index (χ1) is 30.7. The van der Waals surface area contributed by atoms with Gasteiger partial charge in [0.15, 0.2) is 0 Å². The SMILES string of the molecule is c1ccc2c3cc(-c4ccc5c(c4)c4ccccc4n5-c4cccc(-c5cc(-c6ccccc6)cc(-c6ccccc6)c5)c4)ccc3n(-c3ccccc3C3=CC=CCC3)c2c#1. The van der Waals surface area contributed by atoms with Gasteiger partial charge in [0, 0.05) is 32.8 Å². The van der Waals surface area contributed by atoms with Gasteiger partial charge in [-0.3, -0.25) is 0 Å². The molecule has 0 saturated heterocycles. The standard InChI is InChI=1S/C60H40N2/c1-4-17-41(18-5-1)47-35-48(42-19-6-2-7-20-42)37-49(36-47)44-23-16-24-50(38-44)61-57-29-14-11-26-52(57)54-39-45(31-33-59(54)61)46-32-34-60-55(40-46)53-27-12-15-30-58(53)62(60)56-28-13-10-25-51(56)43-21-8-3-9-22-43/h1-8,10-14,16-21,23-29,31-40H,9,22H2. The van der Waals surface area contributed by atoms with Gasteiger partial charge in [-0.25, -0.2) is 0 Å². The van der Waals surface area contributed by atoms with Crippen LogP contribution in [-0.2, 0) is 0 Å². The molecule has 2 heterocycles. The molecule has 0 radical (unpaired) electrons. The van der Waals surface area contributed by atoms with Crippen LogP contribution >= 0.6 is 0 Å². The minimum atomic E-state index is 1.03. The summed E-state index contributed by atoms with van der Waals surface area (Å²) >= 11 is 0. The highest BCUT2D eigenvalue weighted by molar-refractivity contribution is 6.12. The highest BCUT2D eigenvalue weighted by atomic mass is 15.0. The Bertz CT molecular complexity index is 3500. The maximum absolute atomic E-state index is 3.50. The van der Waals surface area contributed by atoms with E-state index in [1.165, 1.54) is 99.4 Å². The van der Waals surface area contributed by atoms with Crippen LogP contribution in [0.2, 0.25) is 0 Å². The average Bonchev–Trinajstić information content (AvgIpc) is 3.87. The molecule has 0 saturated carbocycles. The molecule has 1 aliphatic carbocycles. The lowest BCUT2D eigenvalue weighted by Gasteiger charge is -2.16. The molecule has 2 aromatic heterocycles. The lowest BCUT2D eigenvalue weighted by atomic mass is 9.93. The Hall–Kier alpha value is -8.12. The van der Waals surface area contributed by atoms with E-state index in [1.54, 1.807) is 0 Å². The molecule has 0 spiro atoms. The van der Waals surface area contributed by atoms with E-state index >= 15 is 0 Å². The summed E-state index contributed by atoms with van der Waals surface area (Å²) in [4.78, 5) is 0. The van der Waals surface area contributed by atoms with Gasteiger partial charge in [-0.15, -0.1) is 0 Å². The van der Waals surface area contributed by atoms with Crippen LogP contribution in [0.3, 0.4) is 0 Å². The third-order valence-corrected chi connectivity index (χ3v) is 12.6. The molecule has 9 aromatic carbocycles. The Labute approximate surface area is 361 Å². The first kappa shape index (κ1) is 35.8. The Balaban J connectivity index is 0.980. The van der Waals surface area contributed by atoms with Crippen molar-refractivity contribution in [2.75, 3.05) is 0 Å². The van der Waals surface area contributed by atoms with E-state index in [1.807, 2.05) is 6.07 Å². The fourth-order valence-corrected chi connectivity index (χ4v) is 9.68. The van der Waals surface area contributed by atoms with Gasteiger partial charge >= 0.3 is 0 Å². The second kappa shape index (κ2) is 14.9. The van der Waals surface area contributed by atoms with Crippen LogP contribution in [0, 0.1) is 12.1 Å². The molecule has 0 fully saturated rings. The zero-order valence-corrected chi connectivity index (χ0v) is 34.1. The Kier molecular flexibility index (Phi) is 8.58. The lowest BCUT2D eigenvalue weighted by molar-refractivity contribution is 1.05. The number of benzene rings is 8. The molecule has 12 rings (SSSR count). The lowest BCUT2D eigenvalue weighted by Crippen LogP contribution is -2.00. The van der Waals surface area contributed by atoms with Crippen molar-refractivity contribution in [3.05, 3.63) is 236 Å². The molecule has 0 unspecified atom stereocenters. The highest BCUT2D eigenvalue weighted by Crippen LogP contribution is 2.40. The van der Waals surface area contributed by atoms with Gasteiger partial charge in [0.05, 0.1) is 22.2 Å². The molecular formula is C60H40N2. The van der Waals surface area contributed by atoms with E-state index in [9.17, 15) is 0 Å². The van der Waals surface area contributed by atoms with Crippen LogP contribution in [-0.4, -0.2) is 9.13 Å². The molecule has 11 aromatic rings.